The number of halogens is 1. The highest BCUT2D eigenvalue weighted by atomic mass is 35.5. The minimum absolute atomic E-state index is 0. The molecule has 0 saturated carbocycles. The maximum Gasteiger partial charge on any atom is 0.240 e. The van der Waals surface area contributed by atoms with Crippen LogP contribution in [0.5, 0.6) is 0 Å². The average Bonchev–Trinajstić information content (AvgIpc) is 2.70. The van der Waals surface area contributed by atoms with Crippen molar-refractivity contribution in [3.63, 3.8) is 0 Å². The summed E-state index contributed by atoms with van der Waals surface area (Å²) in [4.78, 5) is 15.7. The van der Waals surface area contributed by atoms with Crippen LogP contribution in [-0.2, 0) is 4.79 Å². The molecule has 0 spiro atoms. The van der Waals surface area contributed by atoms with E-state index in [-0.39, 0.29) is 24.4 Å². The zero-order chi connectivity index (χ0) is 12.2. The topological polar surface area (TPSA) is 94.0 Å². The van der Waals surface area contributed by atoms with Crippen LogP contribution >= 0.6 is 12.4 Å². The van der Waals surface area contributed by atoms with Crippen LogP contribution in [-0.4, -0.2) is 21.6 Å². The number of nitrogens with zero attached hydrogens (tertiary/aromatic N) is 2. The summed E-state index contributed by atoms with van der Waals surface area (Å²) >= 11 is 0. The summed E-state index contributed by atoms with van der Waals surface area (Å²) < 4.78 is 4.61. The molecule has 1 aromatic rings. The van der Waals surface area contributed by atoms with E-state index in [1.807, 2.05) is 6.92 Å². The lowest BCUT2D eigenvalue weighted by Gasteiger charge is -2.24. The lowest BCUT2D eigenvalue weighted by molar-refractivity contribution is -0.126. The molecule has 0 aliphatic carbocycles. The first-order valence-electron chi connectivity index (χ1n) is 5.33. The van der Waals surface area contributed by atoms with E-state index >= 15 is 0 Å². The molecule has 1 rings (SSSR count). The SMILES string of the molecule is CCCC(C)(N)C(=O)NC(C)c1ncon1.Cl. The summed E-state index contributed by atoms with van der Waals surface area (Å²) in [6.07, 6.45) is 2.72. The minimum Gasteiger partial charge on any atom is -0.345 e. The standard InChI is InChI=1S/C10H18N4O2.ClH/c1-4-5-10(3,11)9(15)13-7(2)8-12-6-16-14-8;/h6-7H,4-5,11H2,1-3H3,(H,13,15);1H. The molecule has 2 atom stereocenters. The van der Waals surface area contributed by atoms with Gasteiger partial charge in [0.05, 0.1) is 11.6 Å². The zero-order valence-corrected chi connectivity index (χ0v) is 11.1. The van der Waals surface area contributed by atoms with Crippen LogP contribution in [0, 0.1) is 0 Å². The highest BCUT2D eigenvalue weighted by Gasteiger charge is 2.29. The molecule has 1 heterocycles. The van der Waals surface area contributed by atoms with Crippen molar-refractivity contribution in [1.82, 2.24) is 15.5 Å². The monoisotopic (exact) mass is 262 g/mol. The van der Waals surface area contributed by atoms with Crippen molar-refractivity contribution in [1.29, 1.82) is 0 Å². The van der Waals surface area contributed by atoms with Crippen molar-refractivity contribution in [2.45, 2.75) is 45.2 Å². The van der Waals surface area contributed by atoms with E-state index in [0.717, 1.165) is 6.42 Å². The summed E-state index contributed by atoms with van der Waals surface area (Å²) in [6.45, 7) is 5.49. The van der Waals surface area contributed by atoms with E-state index in [4.69, 9.17) is 5.73 Å². The lowest BCUT2D eigenvalue weighted by Crippen LogP contribution is -2.52. The van der Waals surface area contributed by atoms with E-state index in [2.05, 4.69) is 20.0 Å². The predicted octanol–water partition coefficient (Wildman–Crippen LogP) is 1.19. The van der Waals surface area contributed by atoms with Gasteiger partial charge >= 0.3 is 0 Å². The Morgan fingerprint density at radius 1 is 1.71 bits per heavy atom. The lowest BCUT2D eigenvalue weighted by atomic mass is 9.96. The molecule has 0 fully saturated rings. The van der Waals surface area contributed by atoms with Crippen molar-refractivity contribution in [2.24, 2.45) is 5.73 Å². The van der Waals surface area contributed by atoms with Crippen LogP contribution < -0.4 is 11.1 Å². The highest BCUT2D eigenvalue weighted by Crippen LogP contribution is 2.12. The Hall–Kier alpha value is -1.14. The van der Waals surface area contributed by atoms with Gasteiger partial charge in [-0.25, -0.2) is 0 Å². The van der Waals surface area contributed by atoms with E-state index in [1.54, 1.807) is 13.8 Å². The van der Waals surface area contributed by atoms with Crippen LogP contribution in [0.1, 0.15) is 45.5 Å². The molecular weight excluding hydrogens is 244 g/mol. The molecule has 1 amide bonds. The van der Waals surface area contributed by atoms with Crippen molar-refractivity contribution in [3.05, 3.63) is 12.2 Å². The van der Waals surface area contributed by atoms with Gasteiger partial charge in [-0.3, -0.25) is 4.79 Å². The summed E-state index contributed by atoms with van der Waals surface area (Å²) in [5, 5.41) is 6.41. The molecule has 0 bridgehead atoms. The minimum atomic E-state index is -0.854. The Balaban J connectivity index is 0.00000256. The molecule has 0 saturated heterocycles. The molecular formula is C10H19ClN4O2. The number of nitrogens with one attached hydrogen (secondary N) is 1. The van der Waals surface area contributed by atoms with Crippen molar-refractivity contribution >= 4 is 18.3 Å². The van der Waals surface area contributed by atoms with Gasteiger partial charge in [-0.05, 0) is 20.3 Å². The molecule has 17 heavy (non-hydrogen) atoms. The third-order valence-electron chi connectivity index (χ3n) is 2.40. The Labute approximate surface area is 107 Å². The average molecular weight is 263 g/mol. The number of carbonyl (C=O) groups is 1. The molecule has 0 aliphatic heterocycles. The number of hydrogen-bond donors (Lipinski definition) is 2. The normalized spacial score (nSPS) is 15.5. The first-order chi connectivity index (χ1) is 7.47. The van der Waals surface area contributed by atoms with Crippen LogP contribution in [0.25, 0.3) is 0 Å². The number of amides is 1. The van der Waals surface area contributed by atoms with Gasteiger partial charge in [0.15, 0.2) is 5.82 Å². The first kappa shape index (κ1) is 15.9. The van der Waals surface area contributed by atoms with E-state index in [9.17, 15) is 4.79 Å². The molecule has 2 unspecified atom stereocenters. The maximum absolute atomic E-state index is 11.8. The largest absolute Gasteiger partial charge is 0.345 e. The molecule has 6 nitrogen and oxygen atoms in total. The van der Waals surface area contributed by atoms with Crippen molar-refractivity contribution in [2.75, 3.05) is 0 Å². The van der Waals surface area contributed by atoms with Gasteiger partial charge in [-0.1, -0.05) is 18.5 Å². The number of carbonyl (C=O) groups excluding carboxylic acids is 1. The molecule has 0 aliphatic rings. The Morgan fingerprint density at radius 2 is 2.35 bits per heavy atom. The van der Waals surface area contributed by atoms with Gasteiger partial charge in [0.1, 0.15) is 0 Å². The Bertz CT molecular complexity index is 340. The van der Waals surface area contributed by atoms with Crippen molar-refractivity contribution in [3.8, 4) is 0 Å². The van der Waals surface area contributed by atoms with Crippen LogP contribution in [0.2, 0.25) is 0 Å². The third kappa shape index (κ3) is 4.32. The molecule has 0 aromatic carbocycles. The van der Waals surface area contributed by atoms with E-state index in [1.165, 1.54) is 6.39 Å². The second kappa shape index (κ2) is 6.56. The quantitative estimate of drug-likeness (QED) is 0.831. The smallest absolute Gasteiger partial charge is 0.240 e. The van der Waals surface area contributed by atoms with E-state index < -0.39 is 5.54 Å². The number of aromatic nitrogens is 2. The zero-order valence-electron chi connectivity index (χ0n) is 10.3. The van der Waals surface area contributed by atoms with Gasteiger partial charge in [0.25, 0.3) is 0 Å². The number of rotatable bonds is 5. The fourth-order valence-corrected chi connectivity index (χ4v) is 1.43. The van der Waals surface area contributed by atoms with Gasteiger partial charge in [-0.15, -0.1) is 12.4 Å². The summed E-state index contributed by atoms with van der Waals surface area (Å²) in [5.74, 6) is 0.243. The fourth-order valence-electron chi connectivity index (χ4n) is 1.43. The summed E-state index contributed by atoms with van der Waals surface area (Å²) in [7, 11) is 0. The second-order valence-corrected chi connectivity index (χ2v) is 4.15. The number of nitrogens with two attached hydrogens (primary N) is 1. The molecule has 0 radical (unpaired) electrons. The molecule has 98 valence electrons. The van der Waals surface area contributed by atoms with Gasteiger partial charge in [0, 0.05) is 0 Å². The molecule has 3 N–H and O–H groups in total. The van der Waals surface area contributed by atoms with Gasteiger partial charge in [0.2, 0.25) is 12.3 Å². The maximum atomic E-state index is 11.8. The van der Waals surface area contributed by atoms with Crippen LogP contribution in [0.15, 0.2) is 10.9 Å². The summed E-state index contributed by atoms with van der Waals surface area (Å²) in [5.41, 5.74) is 5.04. The van der Waals surface area contributed by atoms with Gasteiger partial charge < -0.3 is 15.6 Å². The number of hydrogen-bond acceptors (Lipinski definition) is 5. The Morgan fingerprint density at radius 3 is 2.82 bits per heavy atom. The molecule has 7 heteroatoms. The van der Waals surface area contributed by atoms with E-state index in [0.29, 0.717) is 12.2 Å². The van der Waals surface area contributed by atoms with Gasteiger partial charge in [-0.2, -0.15) is 4.98 Å². The first-order valence-corrected chi connectivity index (χ1v) is 5.33. The predicted molar refractivity (Wildman–Crippen MR) is 65.6 cm³/mol. The van der Waals surface area contributed by atoms with Crippen molar-refractivity contribution < 1.29 is 9.32 Å². The highest BCUT2D eigenvalue weighted by molar-refractivity contribution is 5.86. The van der Waals surface area contributed by atoms with Crippen LogP contribution in [0.3, 0.4) is 0 Å². The fraction of sp³-hybridized carbons (Fsp3) is 0.700. The summed E-state index contributed by atoms with van der Waals surface area (Å²) in [6, 6.07) is -0.300. The Kier molecular flexibility index (Phi) is 6.12. The second-order valence-electron chi connectivity index (χ2n) is 4.15. The molecule has 1 aromatic heterocycles. The third-order valence-corrected chi connectivity index (χ3v) is 2.40. The van der Waals surface area contributed by atoms with Crippen LogP contribution in [0.4, 0.5) is 0 Å².